The lowest BCUT2D eigenvalue weighted by Crippen LogP contribution is -2.50. The predicted octanol–water partition coefficient (Wildman–Crippen LogP) is 1.95. The van der Waals surface area contributed by atoms with E-state index < -0.39 is 14.8 Å². The zero-order valence-electron chi connectivity index (χ0n) is 11.2. The van der Waals surface area contributed by atoms with Crippen LogP contribution in [0.4, 0.5) is 0 Å². The molecule has 1 saturated heterocycles. The molecule has 1 aliphatic rings. The first-order chi connectivity index (χ1) is 7.66. The van der Waals surface area contributed by atoms with Crippen LogP contribution < -0.4 is 0 Å². The van der Waals surface area contributed by atoms with Crippen molar-refractivity contribution in [3.63, 3.8) is 0 Å². The molecule has 0 spiro atoms. The van der Waals surface area contributed by atoms with Crippen LogP contribution in [0.5, 0.6) is 0 Å². The number of ketones is 1. The molecule has 0 bridgehead atoms. The summed E-state index contributed by atoms with van der Waals surface area (Å²) in [6.07, 6.45) is 3.04. The molecule has 17 heavy (non-hydrogen) atoms. The number of carbonyl (C=O) groups is 1. The van der Waals surface area contributed by atoms with Gasteiger partial charge in [-0.3, -0.25) is 4.79 Å². The second-order valence-electron chi connectivity index (χ2n) is 5.78. The van der Waals surface area contributed by atoms with Crippen molar-refractivity contribution in [1.29, 1.82) is 0 Å². The molecule has 0 aliphatic carbocycles. The Morgan fingerprint density at radius 2 is 1.88 bits per heavy atom. The van der Waals surface area contributed by atoms with Gasteiger partial charge in [-0.15, -0.1) is 0 Å². The van der Waals surface area contributed by atoms with Crippen molar-refractivity contribution in [1.82, 2.24) is 4.31 Å². The number of hydrogen-bond donors (Lipinski definition) is 0. The Morgan fingerprint density at radius 1 is 1.29 bits per heavy atom. The van der Waals surface area contributed by atoms with Gasteiger partial charge < -0.3 is 0 Å². The normalized spacial score (nSPS) is 23.6. The molecule has 1 heterocycles. The largest absolute Gasteiger partial charge is 0.300 e. The lowest BCUT2D eigenvalue weighted by molar-refractivity contribution is -0.118. The van der Waals surface area contributed by atoms with Crippen LogP contribution >= 0.6 is 0 Å². The highest BCUT2D eigenvalue weighted by Gasteiger charge is 2.40. The van der Waals surface area contributed by atoms with Crippen LogP contribution in [0.15, 0.2) is 0 Å². The quantitative estimate of drug-likeness (QED) is 0.780. The highest BCUT2D eigenvalue weighted by Crippen LogP contribution is 2.29. The smallest absolute Gasteiger partial charge is 0.219 e. The maximum Gasteiger partial charge on any atom is 0.219 e. The van der Waals surface area contributed by atoms with Gasteiger partial charge in [0, 0.05) is 19.0 Å². The van der Waals surface area contributed by atoms with E-state index in [-0.39, 0.29) is 11.8 Å². The third kappa shape index (κ3) is 3.28. The lowest BCUT2D eigenvalue weighted by Gasteiger charge is -2.38. The number of nitrogens with zero attached hydrogens (tertiary/aromatic N) is 1. The van der Waals surface area contributed by atoms with Crippen LogP contribution in [0, 0.1) is 0 Å². The average Bonchev–Trinajstić information content (AvgIpc) is 2.15. The Bertz CT molecular complexity index is 381. The van der Waals surface area contributed by atoms with Gasteiger partial charge in [0.05, 0.1) is 4.75 Å². The second-order valence-corrected chi connectivity index (χ2v) is 8.43. The van der Waals surface area contributed by atoms with Crippen molar-refractivity contribution in [2.75, 3.05) is 6.54 Å². The summed E-state index contributed by atoms with van der Waals surface area (Å²) in [6.45, 7) is 7.21. The minimum Gasteiger partial charge on any atom is -0.300 e. The molecule has 1 fully saturated rings. The van der Waals surface area contributed by atoms with Crippen LogP contribution in [0.1, 0.15) is 53.4 Å². The molecule has 1 rings (SSSR count). The Labute approximate surface area is 104 Å². The molecule has 100 valence electrons. The van der Waals surface area contributed by atoms with Gasteiger partial charge in [0.2, 0.25) is 10.0 Å². The van der Waals surface area contributed by atoms with E-state index in [1.54, 1.807) is 25.1 Å². The maximum absolute atomic E-state index is 12.4. The first kappa shape index (κ1) is 14.6. The fraction of sp³-hybridized carbons (Fsp3) is 0.917. The van der Waals surface area contributed by atoms with Crippen LogP contribution in [-0.4, -0.2) is 35.8 Å². The molecule has 1 atom stereocenters. The molecule has 0 aromatic rings. The van der Waals surface area contributed by atoms with E-state index in [1.165, 1.54) is 6.92 Å². The number of hydrogen-bond acceptors (Lipinski definition) is 3. The summed E-state index contributed by atoms with van der Waals surface area (Å²) < 4.78 is 25.6. The first-order valence-electron chi connectivity index (χ1n) is 6.17. The van der Waals surface area contributed by atoms with Crippen molar-refractivity contribution in [3.8, 4) is 0 Å². The maximum atomic E-state index is 12.4. The summed E-state index contributed by atoms with van der Waals surface area (Å²) in [6, 6.07) is -0.134. The number of rotatable bonds is 3. The van der Waals surface area contributed by atoms with E-state index in [0.29, 0.717) is 13.0 Å². The van der Waals surface area contributed by atoms with Gasteiger partial charge in [-0.1, -0.05) is 6.42 Å². The van der Waals surface area contributed by atoms with Gasteiger partial charge in [-0.05, 0) is 40.5 Å². The van der Waals surface area contributed by atoms with Gasteiger partial charge in [0.1, 0.15) is 5.78 Å². The van der Waals surface area contributed by atoms with Crippen molar-refractivity contribution in [2.45, 2.75) is 64.2 Å². The molecule has 5 heteroatoms. The summed E-state index contributed by atoms with van der Waals surface area (Å²) in [5.74, 6) is 0.0611. The SMILES string of the molecule is CC(=O)CC1CCCCN1S(=O)(=O)C(C)(C)C. The van der Waals surface area contributed by atoms with Crippen LogP contribution in [0.3, 0.4) is 0 Å². The van der Waals surface area contributed by atoms with Gasteiger partial charge >= 0.3 is 0 Å². The molecule has 4 nitrogen and oxygen atoms in total. The molecule has 0 aromatic carbocycles. The summed E-state index contributed by atoms with van der Waals surface area (Å²) in [7, 11) is -3.31. The van der Waals surface area contributed by atoms with E-state index in [9.17, 15) is 13.2 Å². The second kappa shape index (κ2) is 5.06. The third-order valence-electron chi connectivity index (χ3n) is 3.18. The molecule has 0 amide bonds. The van der Waals surface area contributed by atoms with Crippen LogP contribution in [0.25, 0.3) is 0 Å². The highest BCUT2D eigenvalue weighted by molar-refractivity contribution is 7.90. The minimum absolute atomic E-state index is 0.0611. The molecule has 0 saturated carbocycles. The monoisotopic (exact) mass is 261 g/mol. The molecule has 1 unspecified atom stereocenters. The number of sulfonamides is 1. The molecule has 0 aromatic heterocycles. The van der Waals surface area contributed by atoms with Gasteiger partial charge in [0.15, 0.2) is 0 Å². The molecule has 1 aliphatic heterocycles. The summed E-state index contributed by atoms with van der Waals surface area (Å²) in [5.41, 5.74) is 0. The topological polar surface area (TPSA) is 54.5 Å². The first-order valence-corrected chi connectivity index (χ1v) is 7.61. The average molecular weight is 261 g/mol. The fourth-order valence-corrected chi connectivity index (χ4v) is 3.82. The zero-order chi connectivity index (χ0) is 13.3. The minimum atomic E-state index is -3.31. The molecule has 0 radical (unpaired) electrons. The van der Waals surface area contributed by atoms with Crippen molar-refractivity contribution < 1.29 is 13.2 Å². The standard InChI is InChI=1S/C12H23NO3S/c1-10(14)9-11-7-5-6-8-13(11)17(15,16)12(2,3)4/h11H,5-9H2,1-4H3. The Hall–Kier alpha value is -0.420. The van der Waals surface area contributed by atoms with E-state index in [2.05, 4.69) is 0 Å². The van der Waals surface area contributed by atoms with E-state index in [4.69, 9.17) is 0 Å². The number of piperidine rings is 1. The molecular weight excluding hydrogens is 238 g/mol. The Kier molecular flexibility index (Phi) is 4.36. The number of Topliss-reactive ketones (excluding diaryl/α,β-unsaturated/α-hetero) is 1. The van der Waals surface area contributed by atoms with Crippen molar-refractivity contribution >= 4 is 15.8 Å². The van der Waals surface area contributed by atoms with Crippen molar-refractivity contribution in [3.05, 3.63) is 0 Å². The van der Waals surface area contributed by atoms with E-state index in [1.807, 2.05) is 0 Å². The van der Waals surface area contributed by atoms with E-state index in [0.717, 1.165) is 19.3 Å². The van der Waals surface area contributed by atoms with Gasteiger partial charge in [-0.25, -0.2) is 8.42 Å². The number of carbonyl (C=O) groups excluding carboxylic acids is 1. The van der Waals surface area contributed by atoms with Gasteiger partial charge in [-0.2, -0.15) is 4.31 Å². The predicted molar refractivity (Wildman–Crippen MR) is 68.3 cm³/mol. The summed E-state index contributed by atoms with van der Waals surface area (Å²) in [4.78, 5) is 11.2. The summed E-state index contributed by atoms with van der Waals surface area (Å²) >= 11 is 0. The van der Waals surface area contributed by atoms with E-state index >= 15 is 0 Å². The van der Waals surface area contributed by atoms with Crippen LogP contribution in [-0.2, 0) is 14.8 Å². The zero-order valence-corrected chi connectivity index (χ0v) is 12.0. The molecule has 0 N–H and O–H groups in total. The Morgan fingerprint density at radius 3 is 2.35 bits per heavy atom. The fourth-order valence-electron chi connectivity index (χ4n) is 2.18. The summed E-state index contributed by atoms with van der Waals surface area (Å²) in [5, 5.41) is 0. The van der Waals surface area contributed by atoms with Crippen molar-refractivity contribution in [2.24, 2.45) is 0 Å². The molecular formula is C12H23NO3S. The van der Waals surface area contributed by atoms with Crippen LogP contribution in [0.2, 0.25) is 0 Å². The third-order valence-corrected chi connectivity index (χ3v) is 5.82. The highest BCUT2D eigenvalue weighted by atomic mass is 32.2. The lowest BCUT2D eigenvalue weighted by atomic mass is 10.0. The Balaban J connectivity index is 2.96. The van der Waals surface area contributed by atoms with Gasteiger partial charge in [0.25, 0.3) is 0 Å².